The van der Waals surface area contributed by atoms with Crippen molar-refractivity contribution in [1.82, 2.24) is 0 Å². The molecule has 0 N–H and O–H groups in total. The van der Waals surface area contributed by atoms with Crippen molar-refractivity contribution in [3.8, 4) is 0 Å². The molecule has 4 aromatic rings. The van der Waals surface area contributed by atoms with Crippen molar-refractivity contribution in [3.63, 3.8) is 0 Å². The predicted molar refractivity (Wildman–Crippen MR) is 89.9 cm³/mol. The fourth-order valence-electron chi connectivity index (χ4n) is 3.15. The van der Waals surface area contributed by atoms with E-state index < -0.39 is 0 Å². The van der Waals surface area contributed by atoms with Crippen molar-refractivity contribution in [3.05, 3.63) is 60.2 Å². The highest BCUT2D eigenvalue weighted by atomic mass is 16.3. The Morgan fingerprint density at radius 3 is 2.33 bits per heavy atom. The van der Waals surface area contributed by atoms with E-state index in [0.29, 0.717) is 0 Å². The van der Waals surface area contributed by atoms with Crippen molar-refractivity contribution < 1.29 is 4.42 Å². The summed E-state index contributed by atoms with van der Waals surface area (Å²) in [7, 11) is 0. The van der Waals surface area contributed by atoms with Gasteiger partial charge in [0.25, 0.3) is 0 Å². The Kier molecular flexibility index (Phi) is 2.44. The van der Waals surface area contributed by atoms with Crippen molar-refractivity contribution in [1.29, 1.82) is 0 Å². The maximum Gasteiger partial charge on any atom is 0.136 e. The monoisotopic (exact) mass is 274 g/mol. The summed E-state index contributed by atoms with van der Waals surface area (Å²) in [5.74, 6) is 0. The summed E-state index contributed by atoms with van der Waals surface area (Å²) < 4.78 is 6.03. The Hall–Kier alpha value is -2.28. The zero-order valence-corrected chi connectivity index (χ0v) is 12.6. The van der Waals surface area contributed by atoms with E-state index in [2.05, 4.69) is 63.2 Å². The van der Waals surface area contributed by atoms with Gasteiger partial charge in [0.05, 0.1) is 0 Å². The minimum absolute atomic E-state index is 0.124. The van der Waals surface area contributed by atoms with Crippen molar-refractivity contribution in [2.45, 2.75) is 26.2 Å². The minimum Gasteiger partial charge on any atom is -0.456 e. The fourth-order valence-corrected chi connectivity index (χ4v) is 3.15. The summed E-state index contributed by atoms with van der Waals surface area (Å²) in [6, 6.07) is 19.2. The van der Waals surface area contributed by atoms with Crippen LogP contribution in [0.4, 0.5) is 0 Å². The normalized spacial score (nSPS) is 12.5. The average Bonchev–Trinajstić information content (AvgIpc) is 2.81. The third-order valence-corrected chi connectivity index (χ3v) is 4.19. The van der Waals surface area contributed by atoms with Gasteiger partial charge in [0.15, 0.2) is 0 Å². The molecule has 1 aromatic heterocycles. The van der Waals surface area contributed by atoms with E-state index in [0.717, 1.165) is 11.2 Å². The van der Waals surface area contributed by atoms with Gasteiger partial charge >= 0.3 is 0 Å². The molecular formula is C20H18O. The van der Waals surface area contributed by atoms with Crippen LogP contribution in [0.3, 0.4) is 0 Å². The van der Waals surface area contributed by atoms with Crippen molar-refractivity contribution in [2.75, 3.05) is 0 Å². The van der Waals surface area contributed by atoms with Gasteiger partial charge in [-0.15, -0.1) is 0 Å². The zero-order chi connectivity index (χ0) is 14.6. The van der Waals surface area contributed by atoms with Gasteiger partial charge in [-0.1, -0.05) is 57.2 Å². The summed E-state index contributed by atoms with van der Waals surface area (Å²) in [6.45, 7) is 6.76. The third-order valence-electron chi connectivity index (χ3n) is 4.19. The highest BCUT2D eigenvalue weighted by Gasteiger charge is 2.17. The van der Waals surface area contributed by atoms with Gasteiger partial charge in [-0.3, -0.25) is 0 Å². The molecule has 0 saturated carbocycles. The lowest BCUT2D eigenvalue weighted by Gasteiger charge is -2.21. The molecule has 1 heteroatoms. The van der Waals surface area contributed by atoms with Crippen LogP contribution in [-0.2, 0) is 5.41 Å². The lowest BCUT2D eigenvalue weighted by molar-refractivity contribution is 0.596. The predicted octanol–water partition coefficient (Wildman–Crippen LogP) is 6.04. The van der Waals surface area contributed by atoms with E-state index in [9.17, 15) is 0 Å². The number of para-hydroxylation sites is 1. The van der Waals surface area contributed by atoms with Crippen molar-refractivity contribution >= 4 is 32.7 Å². The maximum atomic E-state index is 6.03. The highest BCUT2D eigenvalue weighted by Crippen LogP contribution is 2.36. The van der Waals surface area contributed by atoms with Crippen LogP contribution in [0.5, 0.6) is 0 Å². The summed E-state index contributed by atoms with van der Waals surface area (Å²) in [5.41, 5.74) is 3.42. The average molecular weight is 274 g/mol. The number of hydrogen-bond acceptors (Lipinski definition) is 1. The first-order valence-corrected chi connectivity index (χ1v) is 7.38. The second-order valence-corrected chi connectivity index (χ2v) is 6.72. The Morgan fingerprint density at radius 1 is 0.714 bits per heavy atom. The van der Waals surface area contributed by atoms with E-state index in [1.54, 1.807) is 0 Å². The Balaban J connectivity index is 2.17. The summed E-state index contributed by atoms with van der Waals surface area (Å²) in [5, 5.41) is 4.96. The van der Waals surface area contributed by atoms with Crippen LogP contribution in [0.1, 0.15) is 26.3 Å². The van der Waals surface area contributed by atoms with Crippen LogP contribution in [-0.4, -0.2) is 0 Å². The number of fused-ring (bicyclic) bond motifs is 4. The molecule has 0 aliphatic heterocycles. The number of furan rings is 1. The van der Waals surface area contributed by atoms with Gasteiger partial charge in [-0.25, -0.2) is 0 Å². The molecule has 21 heavy (non-hydrogen) atoms. The highest BCUT2D eigenvalue weighted by molar-refractivity contribution is 6.10. The molecule has 3 aromatic carbocycles. The quantitative estimate of drug-likeness (QED) is 0.381. The van der Waals surface area contributed by atoms with Gasteiger partial charge < -0.3 is 4.42 Å². The van der Waals surface area contributed by atoms with Crippen molar-refractivity contribution in [2.24, 2.45) is 0 Å². The van der Waals surface area contributed by atoms with Crippen LogP contribution >= 0.6 is 0 Å². The fraction of sp³-hybridized carbons (Fsp3) is 0.200. The van der Waals surface area contributed by atoms with E-state index in [4.69, 9.17) is 4.42 Å². The molecule has 4 rings (SSSR count). The van der Waals surface area contributed by atoms with Crippen LogP contribution in [0.2, 0.25) is 0 Å². The van der Waals surface area contributed by atoms with E-state index >= 15 is 0 Å². The summed E-state index contributed by atoms with van der Waals surface area (Å²) >= 11 is 0. The standard InChI is InChI=1S/C20H18O/c1-20(2,3)17-9-6-7-13-11-16-14-8-4-5-10-18(14)21-19(16)12-15(13)17/h4-12H,1-3H3. The molecule has 0 radical (unpaired) electrons. The molecular weight excluding hydrogens is 256 g/mol. The Bertz CT molecular complexity index is 968. The Morgan fingerprint density at radius 2 is 1.52 bits per heavy atom. The van der Waals surface area contributed by atoms with Crippen LogP contribution in [0.25, 0.3) is 32.7 Å². The first kappa shape index (κ1) is 12.5. The van der Waals surface area contributed by atoms with Gasteiger partial charge in [-0.05, 0) is 39.9 Å². The molecule has 0 fully saturated rings. The molecule has 0 atom stereocenters. The van der Waals surface area contributed by atoms with Crippen LogP contribution in [0, 0.1) is 0 Å². The van der Waals surface area contributed by atoms with Gasteiger partial charge in [0.1, 0.15) is 11.2 Å². The number of rotatable bonds is 0. The molecule has 0 aliphatic rings. The van der Waals surface area contributed by atoms with E-state index in [1.807, 2.05) is 12.1 Å². The molecule has 104 valence electrons. The molecule has 0 saturated heterocycles. The molecule has 0 unspecified atom stereocenters. The second-order valence-electron chi connectivity index (χ2n) is 6.72. The van der Waals surface area contributed by atoms with Crippen LogP contribution < -0.4 is 0 Å². The third kappa shape index (κ3) is 1.84. The first-order valence-electron chi connectivity index (χ1n) is 7.38. The number of hydrogen-bond donors (Lipinski definition) is 0. The molecule has 0 spiro atoms. The second kappa shape index (κ2) is 4.11. The molecule has 0 bridgehead atoms. The first-order chi connectivity index (χ1) is 10.0. The SMILES string of the molecule is CC(C)(C)c1cccc2cc3c(cc12)oc1ccccc13. The maximum absolute atomic E-state index is 6.03. The number of benzene rings is 3. The lowest BCUT2D eigenvalue weighted by atomic mass is 9.83. The topological polar surface area (TPSA) is 13.1 Å². The smallest absolute Gasteiger partial charge is 0.136 e. The summed E-state index contributed by atoms with van der Waals surface area (Å²) in [6.07, 6.45) is 0. The largest absolute Gasteiger partial charge is 0.456 e. The van der Waals surface area contributed by atoms with Gasteiger partial charge in [0, 0.05) is 10.8 Å². The molecule has 1 heterocycles. The molecule has 1 nitrogen and oxygen atoms in total. The lowest BCUT2D eigenvalue weighted by Crippen LogP contribution is -2.11. The van der Waals surface area contributed by atoms with E-state index in [-0.39, 0.29) is 5.41 Å². The van der Waals surface area contributed by atoms with Gasteiger partial charge in [0.2, 0.25) is 0 Å². The van der Waals surface area contributed by atoms with Gasteiger partial charge in [-0.2, -0.15) is 0 Å². The summed E-state index contributed by atoms with van der Waals surface area (Å²) in [4.78, 5) is 0. The zero-order valence-electron chi connectivity index (χ0n) is 12.6. The Labute approximate surface area is 124 Å². The molecule has 0 amide bonds. The molecule has 0 aliphatic carbocycles. The minimum atomic E-state index is 0.124. The van der Waals surface area contributed by atoms with E-state index in [1.165, 1.54) is 27.1 Å². The van der Waals surface area contributed by atoms with Crippen LogP contribution in [0.15, 0.2) is 59.0 Å².